The lowest BCUT2D eigenvalue weighted by molar-refractivity contribution is -0.126. The summed E-state index contributed by atoms with van der Waals surface area (Å²) in [6.07, 6.45) is 0.799. The summed E-state index contributed by atoms with van der Waals surface area (Å²) in [4.78, 5) is 0. The van der Waals surface area contributed by atoms with Crippen molar-refractivity contribution in [2.45, 2.75) is 13.3 Å². The minimum atomic E-state index is -0.474. The first-order valence-corrected chi connectivity index (χ1v) is 2.92. The van der Waals surface area contributed by atoms with Gasteiger partial charge in [0.05, 0.1) is 13.2 Å². The van der Waals surface area contributed by atoms with Gasteiger partial charge in [-0.1, -0.05) is 6.92 Å². The zero-order valence-corrected chi connectivity index (χ0v) is 5.14. The molecular weight excluding hydrogens is 104 g/mol. The van der Waals surface area contributed by atoms with Crippen molar-refractivity contribution >= 4 is 0 Å². The van der Waals surface area contributed by atoms with Crippen molar-refractivity contribution in [3.63, 3.8) is 0 Å². The fourth-order valence-corrected chi connectivity index (χ4v) is 0.677. The molecule has 2 heteroatoms. The van der Waals surface area contributed by atoms with Gasteiger partial charge in [-0.05, 0) is 6.42 Å². The third-order valence-corrected chi connectivity index (χ3v) is 1.28. The standard InChI is InChI=1S/C6H12O2/c1-2-6-3-7-5-8-4-6/h6H,2-5H2,1H3/i6D. The smallest absolute Gasteiger partial charge is 0.146 e. The van der Waals surface area contributed by atoms with E-state index in [1.807, 2.05) is 6.92 Å². The topological polar surface area (TPSA) is 18.5 Å². The van der Waals surface area contributed by atoms with Crippen LogP contribution in [0.5, 0.6) is 0 Å². The van der Waals surface area contributed by atoms with Crippen molar-refractivity contribution in [3.05, 3.63) is 0 Å². The van der Waals surface area contributed by atoms with Crippen LogP contribution in [0.3, 0.4) is 0 Å². The second-order valence-corrected chi connectivity index (χ2v) is 1.92. The van der Waals surface area contributed by atoms with Crippen molar-refractivity contribution in [1.29, 1.82) is 0 Å². The molecule has 0 spiro atoms. The second kappa shape index (κ2) is 3.05. The maximum Gasteiger partial charge on any atom is 0.146 e. The molecule has 1 aliphatic heterocycles. The van der Waals surface area contributed by atoms with E-state index in [0.29, 0.717) is 20.0 Å². The largest absolute Gasteiger partial charge is 0.355 e. The van der Waals surface area contributed by atoms with Crippen LogP contribution in [-0.4, -0.2) is 20.0 Å². The van der Waals surface area contributed by atoms with Gasteiger partial charge in [0.15, 0.2) is 0 Å². The molecule has 8 heavy (non-hydrogen) atoms. The van der Waals surface area contributed by atoms with E-state index in [2.05, 4.69) is 0 Å². The fraction of sp³-hybridized carbons (Fsp3) is 1.00. The van der Waals surface area contributed by atoms with Gasteiger partial charge in [-0.2, -0.15) is 0 Å². The van der Waals surface area contributed by atoms with Crippen LogP contribution in [0.1, 0.15) is 14.7 Å². The monoisotopic (exact) mass is 117 g/mol. The molecule has 0 unspecified atom stereocenters. The summed E-state index contributed by atoms with van der Waals surface area (Å²) in [5.74, 6) is -0.474. The van der Waals surface area contributed by atoms with E-state index >= 15 is 0 Å². The molecule has 0 aromatic heterocycles. The molecule has 0 N–H and O–H groups in total. The van der Waals surface area contributed by atoms with Gasteiger partial charge in [0.2, 0.25) is 0 Å². The van der Waals surface area contributed by atoms with E-state index in [1.165, 1.54) is 0 Å². The molecule has 1 saturated heterocycles. The number of hydrogen-bond acceptors (Lipinski definition) is 2. The first-order valence-electron chi connectivity index (χ1n) is 3.42. The SMILES string of the molecule is [2H]C1(CC)COCOC1. The summed E-state index contributed by atoms with van der Waals surface area (Å²) < 4.78 is 17.6. The molecule has 0 aromatic carbocycles. The average Bonchev–Trinajstić information content (AvgIpc) is 1.90. The van der Waals surface area contributed by atoms with E-state index in [0.717, 1.165) is 6.42 Å². The van der Waals surface area contributed by atoms with Gasteiger partial charge in [0.1, 0.15) is 6.79 Å². The lowest BCUT2D eigenvalue weighted by atomic mass is 10.1. The maximum absolute atomic E-state index is 7.62. The van der Waals surface area contributed by atoms with Crippen molar-refractivity contribution < 1.29 is 10.8 Å². The summed E-state index contributed by atoms with van der Waals surface area (Å²) in [7, 11) is 0. The van der Waals surface area contributed by atoms with Crippen LogP contribution in [0, 0.1) is 5.89 Å². The van der Waals surface area contributed by atoms with Crippen LogP contribution in [0.15, 0.2) is 0 Å². The Morgan fingerprint density at radius 1 is 1.62 bits per heavy atom. The summed E-state index contributed by atoms with van der Waals surface area (Å²) >= 11 is 0. The molecule has 48 valence electrons. The van der Waals surface area contributed by atoms with E-state index in [1.54, 1.807) is 0 Å². The Kier molecular flexibility index (Phi) is 1.82. The van der Waals surface area contributed by atoms with Crippen molar-refractivity contribution in [3.8, 4) is 0 Å². The maximum atomic E-state index is 7.62. The molecule has 0 saturated carbocycles. The predicted octanol–water partition coefficient (Wildman–Crippen LogP) is 1.02. The van der Waals surface area contributed by atoms with Gasteiger partial charge >= 0.3 is 0 Å². The quantitative estimate of drug-likeness (QED) is 0.510. The van der Waals surface area contributed by atoms with Gasteiger partial charge in [0, 0.05) is 7.26 Å². The third kappa shape index (κ3) is 1.46. The Morgan fingerprint density at radius 3 is 2.62 bits per heavy atom. The van der Waals surface area contributed by atoms with Crippen LogP contribution in [0.2, 0.25) is 0 Å². The minimum absolute atomic E-state index is 0.362. The summed E-state index contributed by atoms with van der Waals surface area (Å²) in [6.45, 7) is 3.37. The molecule has 1 fully saturated rings. The zero-order chi connectivity index (χ0) is 6.74. The van der Waals surface area contributed by atoms with Crippen molar-refractivity contribution in [2.75, 3.05) is 20.0 Å². The Morgan fingerprint density at radius 2 is 2.25 bits per heavy atom. The average molecular weight is 117 g/mol. The van der Waals surface area contributed by atoms with Crippen LogP contribution in [0.4, 0.5) is 0 Å². The van der Waals surface area contributed by atoms with Gasteiger partial charge in [0.25, 0.3) is 0 Å². The lowest BCUT2D eigenvalue weighted by Crippen LogP contribution is -2.23. The molecule has 1 heterocycles. The third-order valence-electron chi connectivity index (χ3n) is 1.28. The van der Waals surface area contributed by atoms with Crippen LogP contribution < -0.4 is 0 Å². The molecule has 1 aliphatic rings. The van der Waals surface area contributed by atoms with Gasteiger partial charge in [-0.15, -0.1) is 0 Å². The van der Waals surface area contributed by atoms with Crippen LogP contribution in [-0.2, 0) is 9.47 Å². The molecule has 1 rings (SSSR count). The fourth-order valence-electron chi connectivity index (χ4n) is 0.677. The first kappa shape index (κ1) is 4.77. The zero-order valence-electron chi connectivity index (χ0n) is 6.14. The molecular formula is C6H12O2. The lowest BCUT2D eigenvalue weighted by Gasteiger charge is -2.20. The van der Waals surface area contributed by atoms with Crippen LogP contribution >= 0.6 is 0 Å². The Hall–Kier alpha value is -0.0800. The minimum Gasteiger partial charge on any atom is -0.355 e. The highest BCUT2D eigenvalue weighted by molar-refractivity contribution is 4.55. The first-order chi connectivity index (χ1) is 4.27. The van der Waals surface area contributed by atoms with E-state index in [9.17, 15) is 0 Å². The molecule has 2 nitrogen and oxygen atoms in total. The molecule has 0 bridgehead atoms. The summed E-state index contributed by atoms with van der Waals surface area (Å²) in [6, 6.07) is 0. The highest BCUT2D eigenvalue weighted by atomic mass is 16.7. The Labute approximate surface area is 51.2 Å². The normalized spacial score (nSPS) is 29.4. The highest BCUT2D eigenvalue weighted by Crippen LogP contribution is 2.07. The van der Waals surface area contributed by atoms with Crippen LogP contribution in [0.25, 0.3) is 0 Å². The molecule has 0 aliphatic carbocycles. The molecule has 0 aromatic rings. The van der Waals surface area contributed by atoms with Gasteiger partial charge < -0.3 is 9.47 Å². The number of rotatable bonds is 1. The molecule has 0 radical (unpaired) electrons. The Bertz CT molecular complexity index is 89.1. The van der Waals surface area contributed by atoms with Crippen molar-refractivity contribution in [1.82, 2.24) is 0 Å². The predicted molar refractivity (Wildman–Crippen MR) is 30.6 cm³/mol. The van der Waals surface area contributed by atoms with Gasteiger partial charge in [-0.25, -0.2) is 0 Å². The van der Waals surface area contributed by atoms with Crippen molar-refractivity contribution in [2.24, 2.45) is 5.89 Å². The molecule has 0 amide bonds. The second-order valence-electron chi connectivity index (χ2n) is 1.92. The summed E-state index contributed by atoms with van der Waals surface area (Å²) in [5, 5.41) is 0. The van der Waals surface area contributed by atoms with E-state index in [4.69, 9.17) is 10.8 Å². The van der Waals surface area contributed by atoms with E-state index < -0.39 is 5.89 Å². The van der Waals surface area contributed by atoms with Gasteiger partial charge in [-0.3, -0.25) is 0 Å². The highest BCUT2D eigenvalue weighted by Gasteiger charge is 2.10. The number of hydrogen-bond donors (Lipinski definition) is 0. The number of ether oxygens (including phenoxy) is 2. The molecule has 0 atom stereocenters. The summed E-state index contributed by atoms with van der Waals surface area (Å²) in [5.41, 5.74) is 0. The Balaban J connectivity index is 2.37. The van der Waals surface area contributed by atoms with E-state index in [-0.39, 0.29) is 0 Å².